The van der Waals surface area contributed by atoms with E-state index in [1.165, 1.54) is 0 Å². The smallest absolute Gasteiger partial charge is 0.353 e. The standard InChI is InChI=1S/C13H16N4O.C12H15F3N2O.C2H6/c1-2-13(18)17-7-5-16(6-8-17)12-4-3-11(9-14)10-15-12;1-2-3-4-7-5-6-8-9(12(13,14)15)11(18)17-16-10(7)8;1-2/h3-4,10H,2,5-8H2,1H3;7H,2-6H2,1H3,(H,17,18);1-2H3. The van der Waals surface area contributed by atoms with Gasteiger partial charge in [0.25, 0.3) is 5.56 Å². The van der Waals surface area contributed by atoms with E-state index in [1.807, 2.05) is 43.8 Å². The number of carbonyl (C=O) groups excluding carboxylic acids is 1. The van der Waals surface area contributed by atoms with Gasteiger partial charge < -0.3 is 9.80 Å². The molecule has 0 radical (unpaired) electrons. The first-order valence-corrected chi connectivity index (χ1v) is 13.3. The Hall–Kier alpha value is -3.42. The molecule has 1 saturated heterocycles. The van der Waals surface area contributed by atoms with Crippen LogP contribution in [0.1, 0.15) is 88.1 Å². The summed E-state index contributed by atoms with van der Waals surface area (Å²) in [7, 11) is 0. The maximum Gasteiger partial charge on any atom is 0.422 e. The minimum absolute atomic E-state index is 0.0536. The normalized spacial score (nSPS) is 16.4. The summed E-state index contributed by atoms with van der Waals surface area (Å²) < 4.78 is 38.5. The van der Waals surface area contributed by atoms with E-state index in [0.717, 1.165) is 51.3 Å². The Morgan fingerprint density at radius 1 is 1.18 bits per heavy atom. The molecule has 1 N–H and O–H groups in total. The molecule has 8 nitrogen and oxygen atoms in total. The van der Waals surface area contributed by atoms with Crippen LogP contribution in [0.4, 0.5) is 19.0 Å². The van der Waals surface area contributed by atoms with Crippen LogP contribution < -0.4 is 10.5 Å². The summed E-state index contributed by atoms with van der Waals surface area (Å²) >= 11 is 0. The number of fused-ring (bicyclic) bond motifs is 1. The van der Waals surface area contributed by atoms with E-state index in [-0.39, 0.29) is 17.4 Å². The van der Waals surface area contributed by atoms with Crippen molar-refractivity contribution in [2.24, 2.45) is 0 Å². The van der Waals surface area contributed by atoms with Crippen LogP contribution in [-0.2, 0) is 17.4 Å². The Kier molecular flexibility index (Phi) is 11.8. The lowest BCUT2D eigenvalue weighted by Crippen LogP contribution is -2.48. The van der Waals surface area contributed by atoms with Crippen LogP contribution in [0, 0.1) is 11.3 Å². The van der Waals surface area contributed by atoms with Crippen molar-refractivity contribution in [3.63, 3.8) is 0 Å². The first kappa shape index (κ1) is 30.8. The van der Waals surface area contributed by atoms with Gasteiger partial charge in [-0.1, -0.05) is 40.5 Å². The molecule has 1 fully saturated rings. The predicted molar refractivity (Wildman–Crippen MR) is 140 cm³/mol. The van der Waals surface area contributed by atoms with Crippen LogP contribution in [0.2, 0.25) is 0 Å². The number of aromatic nitrogens is 3. The molecular formula is C27H37F3N6O2. The van der Waals surface area contributed by atoms with Crippen molar-refractivity contribution < 1.29 is 18.0 Å². The lowest BCUT2D eigenvalue weighted by molar-refractivity contribution is -0.139. The summed E-state index contributed by atoms with van der Waals surface area (Å²) in [5.41, 5.74) is -1.06. The third-order valence-corrected chi connectivity index (χ3v) is 6.57. The Morgan fingerprint density at radius 3 is 2.39 bits per heavy atom. The van der Waals surface area contributed by atoms with Gasteiger partial charge in [-0.15, -0.1) is 0 Å². The van der Waals surface area contributed by atoms with Crippen molar-refractivity contribution in [3.05, 3.63) is 51.1 Å². The molecule has 0 spiro atoms. The number of carbonyl (C=O) groups is 1. The first-order chi connectivity index (χ1) is 18.2. The monoisotopic (exact) mass is 534 g/mol. The molecule has 4 rings (SSSR count). The highest BCUT2D eigenvalue weighted by atomic mass is 19.4. The van der Waals surface area contributed by atoms with Crippen molar-refractivity contribution >= 4 is 11.7 Å². The van der Waals surface area contributed by atoms with Crippen LogP contribution in [0.5, 0.6) is 0 Å². The lowest BCUT2D eigenvalue weighted by atomic mass is 9.99. The highest BCUT2D eigenvalue weighted by Gasteiger charge is 2.41. The molecule has 2 aliphatic rings. The predicted octanol–water partition coefficient (Wildman–Crippen LogP) is 5.05. The number of nitrogens with zero attached hydrogens (tertiary/aromatic N) is 5. The molecule has 0 saturated carbocycles. The van der Waals surface area contributed by atoms with Gasteiger partial charge in [0, 0.05) is 44.7 Å². The molecule has 1 amide bonds. The summed E-state index contributed by atoms with van der Waals surface area (Å²) in [4.78, 5) is 31.1. The second kappa shape index (κ2) is 14.5. The van der Waals surface area contributed by atoms with Gasteiger partial charge in [-0.25, -0.2) is 10.1 Å². The number of nitriles is 1. The number of rotatable bonds is 5. The SMILES string of the molecule is CC.CCC(=O)N1CCN(c2ccc(C#N)cn2)CC1.CCCCC1CCc2c1n[nH]c(=O)c2C(F)(F)F. The molecule has 0 aromatic carbocycles. The van der Waals surface area contributed by atoms with Gasteiger partial charge in [0.1, 0.15) is 17.5 Å². The number of alkyl halides is 3. The molecular weight excluding hydrogens is 497 g/mol. The van der Waals surface area contributed by atoms with Crippen LogP contribution in [0.3, 0.4) is 0 Å². The number of piperazine rings is 1. The van der Waals surface area contributed by atoms with Gasteiger partial charge in [0.2, 0.25) is 5.91 Å². The summed E-state index contributed by atoms with van der Waals surface area (Å²) in [6, 6.07) is 5.68. The number of aromatic amines is 1. The molecule has 1 aliphatic carbocycles. The Labute approximate surface area is 221 Å². The molecule has 38 heavy (non-hydrogen) atoms. The quantitative estimate of drug-likeness (QED) is 0.576. The van der Waals surface area contributed by atoms with Gasteiger partial charge >= 0.3 is 6.18 Å². The van der Waals surface area contributed by atoms with Gasteiger partial charge in [-0.2, -0.15) is 23.5 Å². The second-order valence-corrected chi connectivity index (χ2v) is 8.91. The first-order valence-electron chi connectivity index (χ1n) is 13.3. The topological polar surface area (TPSA) is 106 Å². The fourth-order valence-electron chi connectivity index (χ4n) is 4.62. The maximum atomic E-state index is 12.8. The number of unbranched alkanes of at least 4 members (excludes halogenated alkanes) is 1. The summed E-state index contributed by atoms with van der Waals surface area (Å²) in [5, 5.41) is 14.5. The molecule has 3 heterocycles. The molecule has 208 valence electrons. The summed E-state index contributed by atoms with van der Waals surface area (Å²) in [6.07, 6.45) is 1.31. The van der Waals surface area contributed by atoms with E-state index in [0.29, 0.717) is 30.5 Å². The van der Waals surface area contributed by atoms with E-state index in [9.17, 15) is 22.8 Å². The Morgan fingerprint density at radius 2 is 1.87 bits per heavy atom. The third kappa shape index (κ3) is 7.79. The lowest BCUT2D eigenvalue weighted by Gasteiger charge is -2.35. The highest BCUT2D eigenvalue weighted by Crippen LogP contribution is 2.40. The molecule has 1 atom stereocenters. The van der Waals surface area contributed by atoms with E-state index in [2.05, 4.69) is 21.1 Å². The zero-order chi connectivity index (χ0) is 28.3. The zero-order valence-corrected chi connectivity index (χ0v) is 22.6. The van der Waals surface area contributed by atoms with Crippen LogP contribution >= 0.6 is 0 Å². The molecule has 1 aliphatic heterocycles. The highest BCUT2D eigenvalue weighted by molar-refractivity contribution is 5.76. The van der Waals surface area contributed by atoms with Crippen LogP contribution in [-0.4, -0.2) is 52.2 Å². The second-order valence-electron chi connectivity index (χ2n) is 8.91. The average molecular weight is 535 g/mol. The molecule has 2 aromatic heterocycles. The number of amides is 1. The largest absolute Gasteiger partial charge is 0.422 e. The number of nitrogens with one attached hydrogen (secondary N) is 1. The van der Waals surface area contributed by atoms with Gasteiger partial charge in [0.05, 0.1) is 11.3 Å². The Bertz CT molecular complexity index is 1130. The van der Waals surface area contributed by atoms with E-state index in [1.54, 1.807) is 12.3 Å². The van der Waals surface area contributed by atoms with Crippen molar-refractivity contribution in [2.45, 2.75) is 78.3 Å². The van der Waals surface area contributed by atoms with Crippen molar-refractivity contribution in [2.75, 3.05) is 31.1 Å². The van der Waals surface area contributed by atoms with E-state index in [4.69, 9.17) is 5.26 Å². The van der Waals surface area contributed by atoms with Crippen molar-refractivity contribution in [3.8, 4) is 6.07 Å². The van der Waals surface area contributed by atoms with Gasteiger partial charge in [-0.05, 0) is 37.0 Å². The van der Waals surface area contributed by atoms with E-state index >= 15 is 0 Å². The number of anilines is 1. The fourth-order valence-corrected chi connectivity index (χ4v) is 4.62. The third-order valence-electron chi connectivity index (χ3n) is 6.57. The fraction of sp³-hybridized carbons (Fsp3) is 0.593. The molecule has 11 heteroatoms. The van der Waals surface area contributed by atoms with Crippen molar-refractivity contribution in [1.82, 2.24) is 20.1 Å². The average Bonchev–Trinajstić information content (AvgIpc) is 3.34. The molecule has 1 unspecified atom stereocenters. The number of H-pyrrole nitrogens is 1. The van der Waals surface area contributed by atoms with Crippen LogP contribution in [0.15, 0.2) is 23.1 Å². The summed E-state index contributed by atoms with van der Waals surface area (Å²) in [5.74, 6) is 1.14. The minimum atomic E-state index is -4.60. The maximum absolute atomic E-state index is 12.8. The van der Waals surface area contributed by atoms with E-state index < -0.39 is 17.3 Å². The summed E-state index contributed by atoms with van der Waals surface area (Å²) in [6.45, 7) is 11.0. The number of hydrogen-bond donors (Lipinski definition) is 1. The zero-order valence-electron chi connectivity index (χ0n) is 22.6. The molecule has 0 bridgehead atoms. The van der Waals surface area contributed by atoms with Gasteiger partial charge in [-0.3, -0.25) is 9.59 Å². The van der Waals surface area contributed by atoms with Crippen LogP contribution in [0.25, 0.3) is 0 Å². The molecule has 2 aromatic rings. The minimum Gasteiger partial charge on any atom is -0.353 e. The number of hydrogen-bond acceptors (Lipinski definition) is 6. The van der Waals surface area contributed by atoms with Crippen molar-refractivity contribution in [1.29, 1.82) is 5.26 Å². The number of pyridine rings is 1. The van der Waals surface area contributed by atoms with Gasteiger partial charge in [0.15, 0.2) is 0 Å². The Balaban J connectivity index is 0.000000251. The number of halogens is 3.